The highest BCUT2D eigenvalue weighted by Crippen LogP contribution is 2.16. The second-order valence-electron chi connectivity index (χ2n) is 5.57. The summed E-state index contributed by atoms with van der Waals surface area (Å²) in [5, 5.41) is 12.8. The third-order valence-electron chi connectivity index (χ3n) is 3.79. The predicted molar refractivity (Wildman–Crippen MR) is 93.4 cm³/mol. The summed E-state index contributed by atoms with van der Waals surface area (Å²) < 4.78 is 26.3. The molecule has 0 saturated heterocycles. The van der Waals surface area contributed by atoms with Crippen LogP contribution in [0.15, 0.2) is 41.2 Å². The summed E-state index contributed by atoms with van der Waals surface area (Å²) >= 11 is 4.89. The topological polar surface area (TPSA) is 98.0 Å². The summed E-state index contributed by atoms with van der Waals surface area (Å²) in [6.07, 6.45) is -1.21. The molecule has 26 heavy (non-hydrogen) atoms. The van der Waals surface area contributed by atoms with Crippen LogP contribution in [0.25, 0.3) is 10.9 Å². The molecule has 4 N–H and O–H groups in total. The molecule has 1 atom stereocenters. The van der Waals surface area contributed by atoms with Gasteiger partial charge in [0, 0.05) is 12.1 Å². The van der Waals surface area contributed by atoms with Gasteiger partial charge in [0.05, 0.1) is 17.0 Å². The van der Waals surface area contributed by atoms with Crippen LogP contribution in [0.2, 0.25) is 0 Å². The number of carbonyl (C=O) groups is 1. The van der Waals surface area contributed by atoms with Crippen LogP contribution in [0, 0.1) is 16.4 Å². The lowest BCUT2D eigenvalue weighted by atomic mass is 10.1. The number of aliphatic hydroxyl groups excluding tert-OH is 1. The van der Waals surface area contributed by atoms with Crippen LogP contribution in [0.5, 0.6) is 0 Å². The molecule has 1 heterocycles. The molecule has 0 radical (unpaired) electrons. The maximum absolute atomic E-state index is 13.2. The zero-order chi connectivity index (χ0) is 18.8. The largest absolute Gasteiger partial charge is 0.387 e. The Bertz CT molecular complexity index is 1110. The normalized spacial score (nSPS) is 12.1. The molecule has 2 aromatic carbocycles. The van der Waals surface area contributed by atoms with Gasteiger partial charge < -0.3 is 15.4 Å². The van der Waals surface area contributed by atoms with E-state index in [1.807, 2.05) is 0 Å². The Morgan fingerprint density at radius 2 is 1.92 bits per heavy atom. The lowest BCUT2D eigenvalue weighted by molar-refractivity contribution is 0.0916. The van der Waals surface area contributed by atoms with Crippen molar-refractivity contribution in [3.63, 3.8) is 0 Å². The van der Waals surface area contributed by atoms with E-state index in [-0.39, 0.29) is 28.0 Å². The van der Waals surface area contributed by atoms with E-state index in [9.17, 15) is 23.5 Å². The van der Waals surface area contributed by atoms with Crippen molar-refractivity contribution in [3.8, 4) is 0 Å². The van der Waals surface area contributed by atoms with E-state index in [0.29, 0.717) is 10.9 Å². The van der Waals surface area contributed by atoms with Crippen molar-refractivity contribution in [2.24, 2.45) is 0 Å². The molecule has 0 aliphatic rings. The predicted octanol–water partition coefficient (Wildman–Crippen LogP) is 2.33. The van der Waals surface area contributed by atoms with Gasteiger partial charge in [-0.25, -0.2) is 8.78 Å². The summed E-state index contributed by atoms with van der Waals surface area (Å²) in [6.45, 7) is -0.201. The van der Waals surface area contributed by atoms with Crippen LogP contribution in [0.3, 0.4) is 0 Å². The molecule has 1 amide bonds. The fraction of sp³-hybridized carbons (Fsp3) is 0.118. The van der Waals surface area contributed by atoms with E-state index in [2.05, 4.69) is 15.3 Å². The van der Waals surface area contributed by atoms with Gasteiger partial charge in [-0.15, -0.1) is 0 Å². The zero-order valence-corrected chi connectivity index (χ0v) is 14.0. The summed E-state index contributed by atoms with van der Waals surface area (Å²) in [6, 6.07) is 7.39. The van der Waals surface area contributed by atoms with E-state index in [4.69, 9.17) is 12.2 Å². The molecule has 0 fully saturated rings. The highest BCUT2D eigenvalue weighted by atomic mass is 32.1. The van der Waals surface area contributed by atoms with Gasteiger partial charge in [-0.2, -0.15) is 0 Å². The number of H-pyrrole nitrogens is 2. The molecule has 3 rings (SSSR count). The first-order chi connectivity index (χ1) is 12.3. The monoisotopic (exact) mass is 377 g/mol. The smallest absolute Gasteiger partial charge is 0.259 e. The van der Waals surface area contributed by atoms with Gasteiger partial charge in [0.2, 0.25) is 0 Å². The van der Waals surface area contributed by atoms with Crippen molar-refractivity contribution in [3.05, 3.63) is 74.3 Å². The SMILES string of the molecule is O=C(NC[C@@H](O)c1ccc(F)c(F)c1)c1ccc2c(=O)[nH]c(=S)[nH]c2c1. The molecule has 3 aromatic rings. The van der Waals surface area contributed by atoms with Crippen molar-refractivity contribution in [1.29, 1.82) is 0 Å². The molecule has 0 aliphatic carbocycles. The van der Waals surface area contributed by atoms with Gasteiger partial charge in [0.25, 0.3) is 11.5 Å². The van der Waals surface area contributed by atoms with Crippen molar-refractivity contribution in [1.82, 2.24) is 15.3 Å². The van der Waals surface area contributed by atoms with Crippen molar-refractivity contribution in [2.45, 2.75) is 6.10 Å². The standard InChI is InChI=1S/C17H13F2N3O3S/c18-11-4-2-8(5-12(11)19)14(23)7-20-15(24)9-1-3-10-13(6-9)21-17(26)22-16(10)25/h1-6,14,23H,7H2,(H,20,24)(H2,21,22,25,26)/t14-/m1/s1. The lowest BCUT2D eigenvalue weighted by Crippen LogP contribution is -2.28. The molecular weight excluding hydrogens is 364 g/mol. The molecule has 134 valence electrons. The number of carbonyl (C=O) groups excluding carboxylic acids is 1. The maximum Gasteiger partial charge on any atom is 0.259 e. The van der Waals surface area contributed by atoms with E-state index in [1.165, 1.54) is 24.3 Å². The number of rotatable bonds is 4. The molecule has 0 bridgehead atoms. The first kappa shape index (κ1) is 17.9. The van der Waals surface area contributed by atoms with Crippen LogP contribution >= 0.6 is 12.2 Å². The number of aliphatic hydroxyl groups is 1. The zero-order valence-electron chi connectivity index (χ0n) is 13.2. The quantitative estimate of drug-likeness (QED) is 0.525. The van der Waals surface area contributed by atoms with E-state index < -0.39 is 23.6 Å². The van der Waals surface area contributed by atoms with E-state index in [0.717, 1.165) is 12.1 Å². The average Bonchev–Trinajstić information content (AvgIpc) is 2.61. The van der Waals surface area contributed by atoms with E-state index in [1.54, 1.807) is 0 Å². The Hall–Kier alpha value is -2.91. The second kappa shape index (κ2) is 7.14. The minimum Gasteiger partial charge on any atom is -0.387 e. The van der Waals surface area contributed by atoms with Crippen LogP contribution in [0.1, 0.15) is 22.0 Å². The highest BCUT2D eigenvalue weighted by molar-refractivity contribution is 7.71. The third kappa shape index (κ3) is 3.68. The van der Waals surface area contributed by atoms with Crippen LogP contribution in [-0.2, 0) is 0 Å². The van der Waals surface area contributed by atoms with Gasteiger partial charge in [0.1, 0.15) is 0 Å². The summed E-state index contributed by atoms with van der Waals surface area (Å²) in [4.78, 5) is 29.2. The Labute approximate surface area is 150 Å². The average molecular weight is 377 g/mol. The van der Waals surface area contributed by atoms with Crippen molar-refractivity contribution in [2.75, 3.05) is 6.54 Å². The van der Waals surface area contributed by atoms with Gasteiger partial charge in [-0.3, -0.25) is 14.6 Å². The number of hydrogen-bond acceptors (Lipinski definition) is 4. The third-order valence-corrected chi connectivity index (χ3v) is 3.99. The molecule has 1 aromatic heterocycles. The summed E-state index contributed by atoms with van der Waals surface area (Å²) in [5.74, 6) is -2.61. The number of aromatic nitrogens is 2. The molecule has 0 unspecified atom stereocenters. The number of nitrogens with one attached hydrogen (secondary N) is 3. The molecule has 0 saturated carbocycles. The molecular formula is C17H13F2N3O3S. The summed E-state index contributed by atoms with van der Waals surface area (Å²) in [7, 11) is 0. The number of aromatic amines is 2. The minimum atomic E-state index is -1.21. The Morgan fingerprint density at radius 3 is 2.65 bits per heavy atom. The number of halogens is 2. The fourth-order valence-corrected chi connectivity index (χ4v) is 2.64. The first-order valence-electron chi connectivity index (χ1n) is 7.53. The summed E-state index contributed by atoms with van der Waals surface area (Å²) in [5.41, 5.74) is 0.404. The maximum atomic E-state index is 13.2. The Balaban J connectivity index is 1.75. The Kier molecular flexibility index (Phi) is 4.92. The molecule has 0 aliphatic heterocycles. The van der Waals surface area contributed by atoms with Crippen LogP contribution in [0.4, 0.5) is 8.78 Å². The first-order valence-corrected chi connectivity index (χ1v) is 7.93. The number of hydrogen-bond donors (Lipinski definition) is 4. The molecule has 9 heteroatoms. The van der Waals surface area contributed by atoms with Gasteiger partial charge in [-0.1, -0.05) is 6.07 Å². The number of amides is 1. The lowest BCUT2D eigenvalue weighted by Gasteiger charge is -2.13. The van der Waals surface area contributed by atoms with Crippen LogP contribution in [-0.4, -0.2) is 27.5 Å². The highest BCUT2D eigenvalue weighted by Gasteiger charge is 2.14. The molecule has 6 nitrogen and oxygen atoms in total. The van der Waals surface area contributed by atoms with Crippen molar-refractivity contribution >= 4 is 29.0 Å². The van der Waals surface area contributed by atoms with E-state index >= 15 is 0 Å². The van der Waals surface area contributed by atoms with Crippen molar-refractivity contribution < 1.29 is 18.7 Å². The number of fused-ring (bicyclic) bond motifs is 1. The molecule has 0 spiro atoms. The second-order valence-corrected chi connectivity index (χ2v) is 5.98. The van der Waals surface area contributed by atoms with Gasteiger partial charge >= 0.3 is 0 Å². The van der Waals surface area contributed by atoms with Gasteiger partial charge in [0.15, 0.2) is 16.4 Å². The minimum absolute atomic E-state index is 0.133. The fourth-order valence-electron chi connectivity index (χ4n) is 2.44. The Morgan fingerprint density at radius 1 is 1.15 bits per heavy atom. The number of benzene rings is 2. The van der Waals surface area contributed by atoms with Gasteiger partial charge in [-0.05, 0) is 48.1 Å². The van der Waals surface area contributed by atoms with Crippen LogP contribution < -0.4 is 10.9 Å².